The number of nitrogens with two attached hydrogens (primary N) is 1. The average Bonchev–Trinajstić information content (AvgIpc) is 2.94. The van der Waals surface area contributed by atoms with Crippen LogP contribution in [0.25, 0.3) is 5.69 Å². The van der Waals surface area contributed by atoms with Crippen molar-refractivity contribution < 1.29 is 0 Å². The van der Waals surface area contributed by atoms with Gasteiger partial charge in [-0.05, 0) is 37.0 Å². The fraction of sp³-hybridized carbons (Fsp3) is 0.429. The Labute approximate surface area is 113 Å². The van der Waals surface area contributed by atoms with Gasteiger partial charge in [0.2, 0.25) is 0 Å². The Balaban J connectivity index is 1.97. The number of piperidine rings is 1. The Bertz CT molecular complexity index is 541. The van der Waals surface area contributed by atoms with E-state index in [4.69, 9.17) is 5.73 Å². The van der Waals surface area contributed by atoms with Crippen LogP contribution in [-0.2, 0) is 0 Å². The maximum atomic E-state index is 5.91. The van der Waals surface area contributed by atoms with Crippen LogP contribution in [0.5, 0.6) is 0 Å². The number of aromatic nitrogens is 3. The first kappa shape index (κ1) is 12.0. The van der Waals surface area contributed by atoms with Crippen molar-refractivity contribution in [3.8, 4) is 5.69 Å². The van der Waals surface area contributed by atoms with E-state index in [2.05, 4.69) is 28.1 Å². The van der Waals surface area contributed by atoms with Crippen LogP contribution in [0.3, 0.4) is 0 Å². The molecule has 0 saturated carbocycles. The lowest BCUT2D eigenvalue weighted by atomic mass is 9.98. The van der Waals surface area contributed by atoms with E-state index in [0.29, 0.717) is 0 Å². The first-order chi connectivity index (χ1) is 9.24. The van der Waals surface area contributed by atoms with E-state index < -0.39 is 0 Å². The van der Waals surface area contributed by atoms with Gasteiger partial charge in [-0.15, -0.1) is 10.2 Å². The van der Waals surface area contributed by atoms with Gasteiger partial charge in [0.1, 0.15) is 12.7 Å². The molecule has 1 saturated heterocycles. The molecule has 1 aromatic heterocycles. The minimum atomic E-state index is 0.762. The number of nitrogen functional groups attached to an aromatic ring is 1. The summed E-state index contributed by atoms with van der Waals surface area (Å²) < 4.78 is 1.92. The Kier molecular flexibility index (Phi) is 3.11. The molecule has 1 aliphatic rings. The van der Waals surface area contributed by atoms with E-state index in [1.54, 1.807) is 12.7 Å². The topological polar surface area (TPSA) is 60.0 Å². The molecule has 0 unspecified atom stereocenters. The third-order valence-electron chi connectivity index (χ3n) is 3.82. The van der Waals surface area contributed by atoms with Crippen LogP contribution in [0, 0.1) is 5.92 Å². The molecule has 5 nitrogen and oxygen atoms in total. The standard InChI is InChI=1S/C14H19N5/c1-11-4-6-18(7-5-11)13-3-2-12(15)8-14(13)19-9-16-17-10-19/h2-3,8-11H,4-7,15H2,1H3. The van der Waals surface area contributed by atoms with E-state index >= 15 is 0 Å². The summed E-state index contributed by atoms with van der Waals surface area (Å²) in [5.41, 5.74) is 8.94. The van der Waals surface area contributed by atoms with Gasteiger partial charge < -0.3 is 10.6 Å². The Morgan fingerprint density at radius 3 is 2.47 bits per heavy atom. The number of hydrogen-bond donors (Lipinski definition) is 1. The van der Waals surface area contributed by atoms with Gasteiger partial charge in [0, 0.05) is 18.8 Å². The summed E-state index contributed by atoms with van der Waals surface area (Å²) in [7, 11) is 0. The molecular formula is C14H19N5. The van der Waals surface area contributed by atoms with Crippen molar-refractivity contribution in [2.24, 2.45) is 5.92 Å². The largest absolute Gasteiger partial charge is 0.399 e. The predicted octanol–water partition coefficient (Wildman–Crippen LogP) is 2.09. The maximum absolute atomic E-state index is 5.91. The lowest BCUT2D eigenvalue weighted by Gasteiger charge is -2.33. The molecule has 0 radical (unpaired) electrons. The highest BCUT2D eigenvalue weighted by molar-refractivity contribution is 5.67. The maximum Gasteiger partial charge on any atom is 0.123 e. The average molecular weight is 257 g/mol. The molecule has 1 aliphatic heterocycles. The second-order valence-corrected chi connectivity index (χ2v) is 5.29. The fourth-order valence-corrected chi connectivity index (χ4v) is 2.59. The van der Waals surface area contributed by atoms with E-state index in [1.165, 1.54) is 18.5 Å². The zero-order valence-corrected chi connectivity index (χ0v) is 11.2. The molecule has 0 bridgehead atoms. The number of nitrogens with zero attached hydrogens (tertiary/aromatic N) is 4. The number of hydrogen-bond acceptors (Lipinski definition) is 4. The van der Waals surface area contributed by atoms with Crippen molar-refractivity contribution >= 4 is 11.4 Å². The quantitative estimate of drug-likeness (QED) is 0.837. The number of rotatable bonds is 2. The Hall–Kier alpha value is -2.04. The zero-order chi connectivity index (χ0) is 13.2. The molecule has 0 amide bonds. The lowest BCUT2D eigenvalue weighted by Crippen LogP contribution is -2.33. The van der Waals surface area contributed by atoms with E-state index in [9.17, 15) is 0 Å². The van der Waals surface area contributed by atoms with Crippen molar-refractivity contribution in [1.82, 2.24) is 14.8 Å². The van der Waals surface area contributed by atoms with Gasteiger partial charge in [-0.25, -0.2) is 0 Å². The van der Waals surface area contributed by atoms with Crippen molar-refractivity contribution in [3.05, 3.63) is 30.9 Å². The van der Waals surface area contributed by atoms with Gasteiger partial charge in [0.05, 0.1) is 11.4 Å². The highest BCUT2D eigenvalue weighted by Gasteiger charge is 2.19. The molecular weight excluding hydrogens is 238 g/mol. The molecule has 1 aromatic carbocycles. The van der Waals surface area contributed by atoms with Crippen LogP contribution >= 0.6 is 0 Å². The highest BCUT2D eigenvalue weighted by Crippen LogP contribution is 2.30. The van der Waals surface area contributed by atoms with Gasteiger partial charge in [-0.2, -0.15) is 0 Å². The van der Waals surface area contributed by atoms with Crippen LogP contribution in [0.4, 0.5) is 11.4 Å². The minimum absolute atomic E-state index is 0.762. The third-order valence-corrected chi connectivity index (χ3v) is 3.82. The van der Waals surface area contributed by atoms with Crippen LogP contribution in [0.1, 0.15) is 19.8 Å². The molecule has 0 spiro atoms. The predicted molar refractivity (Wildman–Crippen MR) is 76.4 cm³/mol. The summed E-state index contributed by atoms with van der Waals surface area (Å²) in [6, 6.07) is 6.04. The van der Waals surface area contributed by atoms with Crippen LogP contribution in [-0.4, -0.2) is 27.9 Å². The van der Waals surface area contributed by atoms with Gasteiger partial charge >= 0.3 is 0 Å². The summed E-state index contributed by atoms with van der Waals surface area (Å²) in [6.45, 7) is 4.52. The second-order valence-electron chi connectivity index (χ2n) is 5.29. The monoisotopic (exact) mass is 257 g/mol. The van der Waals surface area contributed by atoms with E-state index in [1.807, 2.05) is 16.7 Å². The summed E-state index contributed by atoms with van der Waals surface area (Å²) >= 11 is 0. The molecule has 3 rings (SSSR count). The summed E-state index contributed by atoms with van der Waals surface area (Å²) in [5.74, 6) is 0.823. The van der Waals surface area contributed by atoms with Crippen molar-refractivity contribution in [1.29, 1.82) is 0 Å². The molecule has 0 aliphatic carbocycles. The lowest BCUT2D eigenvalue weighted by molar-refractivity contribution is 0.438. The van der Waals surface area contributed by atoms with Crippen LogP contribution in [0.2, 0.25) is 0 Å². The Morgan fingerprint density at radius 2 is 1.79 bits per heavy atom. The van der Waals surface area contributed by atoms with Gasteiger partial charge in [-0.1, -0.05) is 6.92 Å². The zero-order valence-electron chi connectivity index (χ0n) is 11.2. The summed E-state index contributed by atoms with van der Waals surface area (Å²) in [4.78, 5) is 2.43. The van der Waals surface area contributed by atoms with Crippen molar-refractivity contribution in [2.45, 2.75) is 19.8 Å². The first-order valence-corrected chi connectivity index (χ1v) is 6.73. The molecule has 2 heterocycles. The van der Waals surface area contributed by atoms with Gasteiger partial charge in [0.15, 0.2) is 0 Å². The van der Waals surface area contributed by atoms with Crippen molar-refractivity contribution in [3.63, 3.8) is 0 Å². The van der Waals surface area contributed by atoms with Crippen LogP contribution < -0.4 is 10.6 Å². The molecule has 2 aromatic rings. The molecule has 1 fully saturated rings. The summed E-state index contributed by atoms with van der Waals surface area (Å²) in [5, 5.41) is 7.76. The van der Waals surface area contributed by atoms with E-state index in [-0.39, 0.29) is 0 Å². The smallest absolute Gasteiger partial charge is 0.123 e. The molecule has 19 heavy (non-hydrogen) atoms. The SMILES string of the molecule is CC1CCN(c2ccc(N)cc2-n2cnnc2)CC1. The summed E-state index contributed by atoms with van der Waals surface area (Å²) in [6.07, 6.45) is 5.91. The van der Waals surface area contributed by atoms with Gasteiger partial charge in [0.25, 0.3) is 0 Å². The van der Waals surface area contributed by atoms with Gasteiger partial charge in [-0.3, -0.25) is 4.57 Å². The number of benzene rings is 1. The normalized spacial score (nSPS) is 16.8. The Morgan fingerprint density at radius 1 is 1.11 bits per heavy atom. The molecule has 5 heteroatoms. The minimum Gasteiger partial charge on any atom is -0.399 e. The fourth-order valence-electron chi connectivity index (χ4n) is 2.59. The molecule has 0 atom stereocenters. The first-order valence-electron chi connectivity index (χ1n) is 6.73. The molecule has 2 N–H and O–H groups in total. The van der Waals surface area contributed by atoms with Crippen LogP contribution in [0.15, 0.2) is 30.9 Å². The molecule has 100 valence electrons. The highest BCUT2D eigenvalue weighted by atomic mass is 15.2. The number of anilines is 2. The second kappa shape index (κ2) is 4.91. The third kappa shape index (κ3) is 2.41. The van der Waals surface area contributed by atoms with Crippen molar-refractivity contribution in [2.75, 3.05) is 23.7 Å². The van der Waals surface area contributed by atoms with E-state index in [0.717, 1.165) is 30.4 Å².